The molecule has 0 aliphatic rings. The van der Waals surface area contributed by atoms with Crippen molar-refractivity contribution in [3.8, 4) is 0 Å². The van der Waals surface area contributed by atoms with E-state index in [1.165, 1.54) is 5.56 Å². The Morgan fingerprint density at radius 2 is 2.50 bits per heavy atom. The number of hydrogen-bond donors (Lipinski definition) is 2. The Labute approximate surface area is 82.2 Å². The zero-order valence-corrected chi connectivity index (χ0v) is 8.07. The second-order valence-electron chi connectivity index (χ2n) is 3.14. The summed E-state index contributed by atoms with van der Waals surface area (Å²) < 4.78 is 1.81. The van der Waals surface area contributed by atoms with Crippen molar-refractivity contribution in [1.29, 1.82) is 0 Å². The van der Waals surface area contributed by atoms with Crippen molar-refractivity contribution >= 4 is 5.95 Å². The number of aromatic amines is 1. The van der Waals surface area contributed by atoms with Crippen LogP contribution in [0.5, 0.6) is 0 Å². The molecule has 0 unspecified atom stereocenters. The van der Waals surface area contributed by atoms with E-state index < -0.39 is 0 Å². The van der Waals surface area contributed by atoms with Gasteiger partial charge >= 0.3 is 0 Å². The first-order chi connectivity index (χ1) is 6.84. The van der Waals surface area contributed by atoms with Crippen LogP contribution in [-0.2, 0) is 13.5 Å². The molecular weight excluding hydrogens is 178 g/mol. The van der Waals surface area contributed by atoms with Gasteiger partial charge in [0.15, 0.2) is 5.95 Å². The molecule has 0 fully saturated rings. The Balaban J connectivity index is 1.78. The first kappa shape index (κ1) is 8.80. The van der Waals surface area contributed by atoms with E-state index in [0.717, 1.165) is 18.9 Å². The fourth-order valence-corrected chi connectivity index (χ4v) is 1.29. The summed E-state index contributed by atoms with van der Waals surface area (Å²) in [5.41, 5.74) is 1.23. The highest BCUT2D eigenvalue weighted by molar-refractivity contribution is 5.23. The van der Waals surface area contributed by atoms with Crippen molar-refractivity contribution in [2.24, 2.45) is 7.05 Å². The SMILES string of the molecule is Cn1cc(CCNc2ncc[nH]2)cn1. The van der Waals surface area contributed by atoms with Crippen molar-refractivity contribution in [3.63, 3.8) is 0 Å². The largest absolute Gasteiger partial charge is 0.355 e. The molecule has 2 rings (SSSR count). The molecular formula is C9H13N5. The van der Waals surface area contributed by atoms with Gasteiger partial charge in [0.25, 0.3) is 0 Å². The highest BCUT2D eigenvalue weighted by atomic mass is 15.2. The number of aryl methyl sites for hydroxylation is 1. The number of nitrogens with zero attached hydrogens (tertiary/aromatic N) is 3. The summed E-state index contributed by atoms with van der Waals surface area (Å²) in [4.78, 5) is 7.05. The summed E-state index contributed by atoms with van der Waals surface area (Å²) in [6.45, 7) is 0.860. The molecule has 14 heavy (non-hydrogen) atoms. The topological polar surface area (TPSA) is 58.5 Å². The molecule has 2 aromatic heterocycles. The van der Waals surface area contributed by atoms with Crippen LogP contribution in [-0.4, -0.2) is 26.3 Å². The molecule has 0 atom stereocenters. The Morgan fingerprint density at radius 1 is 1.57 bits per heavy atom. The van der Waals surface area contributed by atoms with Crippen LogP contribution in [0.3, 0.4) is 0 Å². The molecule has 0 saturated carbocycles. The monoisotopic (exact) mass is 191 g/mol. The minimum Gasteiger partial charge on any atom is -0.355 e. The van der Waals surface area contributed by atoms with Gasteiger partial charge in [-0.3, -0.25) is 4.68 Å². The maximum Gasteiger partial charge on any atom is 0.200 e. The molecule has 0 radical (unpaired) electrons. The number of hydrogen-bond acceptors (Lipinski definition) is 3. The van der Waals surface area contributed by atoms with E-state index in [-0.39, 0.29) is 0 Å². The Kier molecular flexibility index (Phi) is 2.48. The fraction of sp³-hybridized carbons (Fsp3) is 0.333. The minimum atomic E-state index is 0.814. The second kappa shape index (κ2) is 3.95. The lowest BCUT2D eigenvalue weighted by Gasteiger charge is -1.99. The predicted octanol–water partition coefficient (Wildman–Crippen LogP) is 0.798. The average Bonchev–Trinajstić information content (AvgIpc) is 2.77. The van der Waals surface area contributed by atoms with Crippen LogP contribution in [0.15, 0.2) is 24.8 Å². The van der Waals surface area contributed by atoms with Crippen LogP contribution in [0.1, 0.15) is 5.56 Å². The van der Waals surface area contributed by atoms with Gasteiger partial charge in [0.1, 0.15) is 0 Å². The van der Waals surface area contributed by atoms with Crippen molar-refractivity contribution in [2.45, 2.75) is 6.42 Å². The third kappa shape index (κ3) is 2.12. The lowest BCUT2D eigenvalue weighted by Crippen LogP contribution is -2.05. The third-order valence-electron chi connectivity index (χ3n) is 1.96. The molecule has 0 bridgehead atoms. The number of aromatic nitrogens is 4. The smallest absolute Gasteiger partial charge is 0.200 e. The highest BCUT2D eigenvalue weighted by Gasteiger charge is 1.96. The quantitative estimate of drug-likeness (QED) is 0.751. The molecule has 0 saturated heterocycles. The fourth-order valence-electron chi connectivity index (χ4n) is 1.29. The van der Waals surface area contributed by atoms with E-state index in [4.69, 9.17) is 0 Å². The zero-order chi connectivity index (χ0) is 9.80. The number of anilines is 1. The van der Waals surface area contributed by atoms with Crippen LogP contribution in [0.25, 0.3) is 0 Å². The first-order valence-corrected chi connectivity index (χ1v) is 4.55. The molecule has 74 valence electrons. The maximum absolute atomic E-state index is 4.10. The molecule has 0 amide bonds. The molecule has 0 aliphatic carbocycles. The van der Waals surface area contributed by atoms with Gasteiger partial charge in [0, 0.05) is 32.2 Å². The number of imidazole rings is 1. The predicted molar refractivity (Wildman–Crippen MR) is 54.0 cm³/mol. The molecule has 2 N–H and O–H groups in total. The van der Waals surface area contributed by atoms with E-state index in [1.807, 2.05) is 24.1 Å². The highest BCUT2D eigenvalue weighted by Crippen LogP contribution is 1.99. The van der Waals surface area contributed by atoms with Crippen LogP contribution in [0, 0.1) is 0 Å². The molecule has 5 nitrogen and oxygen atoms in total. The van der Waals surface area contributed by atoms with E-state index in [0.29, 0.717) is 0 Å². The van der Waals surface area contributed by atoms with Crippen molar-refractivity contribution < 1.29 is 0 Å². The Bertz CT molecular complexity index is 376. The van der Waals surface area contributed by atoms with Gasteiger partial charge in [-0.05, 0) is 12.0 Å². The van der Waals surface area contributed by atoms with E-state index in [1.54, 1.807) is 12.4 Å². The Hall–Kier alpha value is -1.78. The third-order valence-corrected chi connectivity index (χ3v) is 1.96. The lowest BCUT2D eigenvalue weighted by molar-refractivity contribution is 0.766. The number of H-pyrrole nitrogens is 1. The van der Waals surface area contributed by atoms with E-state index in [9.17, 15) is 0 Å². The zero-order valence-electron chi connectivity index (χ0n) is 8.07. The minimum absolute atomic E-state index is 0.814. The molecule has 2 aromatic rings. The number of nitrogens with one attached hydrogen (secondary N) is 2. The summed E-state index contributed by atoms with van der Waals surface area (Å²) in [7, 11) is 1.92. The summed E-state index contributed by atoms with van der Waals surface area (Å²) in [5.74, 6) is 0.814. The molecule has 5 heteroatoms. The van der Waals surface area contributed by atoms with Crippen molar-refractivity contribution in [1.82, 2.24) is 19.7 Å². The molecule has 2 heterocycles. The molecule has 0 aromatic carbocycles. The van der Waals surface area contributed by atoms with Gasteiger partial charge in [0.05, 0.1) is 6.20 Å². The van der Waals surface area contributed by atoms with Crippen LogP contribution >= 0.6 is 0 Å². The van der Waals surface area contributed by atoms with Gasteiger partial charge in [-0.1, -0.05) is 0 Å². The van der Waals surface area contributed by atoms with Gasteiger partial charge in [0.2, 0.25) is 0 Å². The van der Waals surface area contributed by atoms with Gasteiger partial charge in [-0.25, -0.2) is 4.98 Å². The van der Waals surface area contributed by atoms with E-state index in [2.05, 4.69) is 20.4 Å². The van der Waals surface area contributed by atoms with E-state index >= 15 is 0 Å². The second-order valence-corrected chi connectivity index (χ2v) is 3.14. The molecule has 0 aliphatic heterocycles. The average molecular weight is 191 g/mol. The van der Waals surface area contributed by atoms with Crippen molar-refractivity contribution in [2.75, 3.05) is 11.9 Å². The summed E-state index contributed by atoms with van der Waals surface area (Å²) in [6.07, 6.45) is 8.38. The standard InChI is InChI=1S/C9H13N5/c1-14-7-8(6-13-14)2-3-10-9-11-4-5-12-9/h4-7H,2-3H2,1H3,(H2,10,11,12). The maximum atomic E-state index is 4.10. The van der Waals surface area contributed by atoms with Gasteiger partial charge < -0.3 is 10.3 Å². The molecule has 0 spiro atoms. The van der Waals surface area contributed by atoms with Crippen LogP contribution < -0.4 is 5.32 Å². The van der Waals surface area contributed by atoms with Gasteiger partial charge in [-0.15, -0.1) is 0 Å². The summed E-state index contributed by atoms with van der Waals surface area (Å²) in [5, 5.41) is 7.28. The van der Waals surface area contributed by atoms with Gasteiger partial charge in [-0.2, -0.15) is 5.10 Å². The van der Waals surface area contributed by atoms with Crippen molar-refractivity contribution in [3.05, 3.63) is 30.4 Å². The Morgan fingerprint density at radius 3 is 3.14 bits per heavy atom. The number of rotatable bonds is 4. The van der Waals surface area contributed by atoms with Crippen LogP contribution in [0.2, 0.25) is 0 Å². The summed E-state index contributed by atoms with van der Waals surface area (Å²) >= 11 is 0. The summed E-state index contributed by atoms with van der Waals surface area (Å²) in [6, 6.07) is 0. The normalized spacial score (nSPS) is 10.4. The van der Waals surface area contributed by atoms with Crippen LogP contribution in [0.4, 0.5) is 5.95 Å². The lowest BCUT2D eigenvalue weighted by atomic mass is 10.2. The first-order valence-electron chi connectivity index (χ1n) is 4.55.